The Labute approximate surface area is 234 Å². The van der Waals surface area contributed by atoms with E-state index in [0.29, 0.717) is 25.8 Å². The number of ether oxygens (including phenoxy) is 1. The fourth-order valence-electron chi connectivity index (χ4n) is 6.53. The van der Waals surface area contributed by atoms with Crippen LogP contribution >= 0.6 is 27.7 Å². The quantitative estimate of drug-likeness (QED) is 0.140. The van der Waals surface area contributed by atoms with Gasteiger partial charge in [-0.15, -0.1) is 24.9 Å². The first kappa shape index (κ1) is 30.2. The molecular weight excluding hydrogens is 556 g/mol. The Morgan fingerprint density at radius 3 is 2.59 bits per heavy atom. The van der Waals surface area contributed by atoms with Crippen LogP contribution in [0, 0.1) is 17.8 Å². The molecule has 3 fully saturated rings. The smallest absolute Gasteiger partial charge is 0.310 e. The Morgan fingerprint density at radius 1 is 1.32 bits per heavy atom. The van der Waals surface area contributed by atoms with Crippen molar-refractivity contribution in [1.82, 2.24) is 9.80 Å². The fraction of sp³-hybridized carbons (Fsp3) is 0.750. The zero-order chi connectivity index (χ0) is 27.5. The number of rotatable bonds is 14. The van der Waals surface area contributed by atoms with Crippen LogP contribution in [-0.2, 0) is 19.1 Å². The number of hydrogen-bond donors (Lipinski definition) is 1. The number of alkyl halides is 1. The molecule has 37 heavy (non-hydrogen) atoms. The number of carbonyl (C=O) groups excluding carboxylic acids is 3. The lowest BCUT2D eigenvalue weighted by Crippen LogP contribution is -2.59. The summed E-state index contributed by atoms with van der Waals surface area (Å²) in [6, 6.07) is -1.29. The van der Waals surface area contributed by atoms with Gasteiger partial charge in [0.05, 0.1) is 35.8 Å². The Hall–Kier alpha value is -1.32. The van der Waals surface area contributed by atoms with Crippen LogP contribution in [0.25, 0.3) is 0 Å². The normalized spacial score (nSPS) is 31.8. The van der Waals surface area contributed by atoms with Gasteiger partial charge in [0.15, 0.2) is 0 Å². The molecule has 3 saturated heterocycles. The number of aliphatic hydroxyl groups is 1. The van der Waals surface area contributed by atoms with Crippen LogP contribution in [0.5, 0.6) is 0 Å². The molecule has 0 radical (unpaired) electrons. The minimum atomic E-state index is -0.763. The minimum Gasteiger partial charge on any atom is -0.465 e. The summed E-state index contributed by atoms with van der Waals surface area (Å²) in [5.41, 5.74) is 0. The SMILES string of the molecule is C=CCCOC(=O)[C@H]1[C@H]2C(=O)N([C@@H](CO)CC(C)C)C(C(=O)N(CC=C)C(C)CCC)C23CC(Br)[C@@H]1S3. The predicted molar refractivity (Wildman–Crippen MR) is 151 cm³/mol. The van der Waals surface area contributed by atoms with Crippen LogP contribution in [0.3, 0.4) is 0 Å². The van der Waals surface area contributed by atoms with Gasteiger partial charge in [0, 0.05) is 22.7 Å². The van der Waals surface area contributed by atoms with E-state index in [-0.39, 0.29) is 53.0 Å². The van der Waals surface area contributed by atoms with Crippen molar-refractivity contribution in [2.75, 3.05) is 19.8 Å². The van der Waals surface area contributed by atoms with Gasteiger partial charge in [-0.2, -0.15) is 0 Å². The lowest BCUT2D eigenvalue weighted by atomic mass is 9.71. The molecule has 7 nitrogen and oxygen atoms in total. The molecule has 9 heteroatoms. The Balaban J connectivity index is 2.10. The van der Waals surface area contributed by atoms with Crippen LogP contribution in [0.15, 0.2) is 25.3 Å². The van der Waals surface area contributed by atoms with Crippen molar-refractivity contribution in [1.29, 1.82) is 0 Å². The van der Waals surface area contributed by atoms with Gasteiger partial charge in [-0.1, -0.05) is 55.3 Å². The van der Waals surface area contributed by atoms with E-state index in [1.54, 1.807) is 28.8 Å². The largest absolute Gasteiger partial charge is 0.465 e. The van der Waals surface area contributed by atoms with Gasteiger partial charge in [0.2, 0.25) is 11.8 Å². The van der Waals surface area contributed by atoms with Crippen LogP contribution in [-0.4, -0.2) is 85.4 Å². The molecule has 4 unspecified atom stereocenters. The maximum absolute atomic E-state index is 14.5. The summed E-state index contributed by atoms with van der Waals surface area (Å²) in [5.74, 6) is -1.79. The summed E-state index contributed by atoms with van der Waals surface area (Å²) in [6.07, 6.45) is 6.89. The van der Waals surface area contributed by atoms with Crippen molar-refractivity contribution in [3.63, 3.8) is 0 Å². The number of nitrogens with zero attached hydrogens (tertiary/aromatic N) is 2. The molecule has 3 heterocycles. The van der Waals surface area contributed by atoms with Crippen molar-refractivity contribution in [2.45, 2.75) is 92.7 Å². The predicted octanol–water partition coefficient (Wildman–Crippen LogP) is 4.18. The van der Waals surface area contributed by atoms with Gasteiger partial charge in [0.25, 0.3) is 0 Å². The molecule has 3 aliphatic heterocycles. The molecule has 2 amide bonds. The van der Waals surface area contributed by atoms with Crippen molar-refractivity contribution in [3.05, 3.63) is 25.3 Å². The third-order valence-corrected chi connectivity index (χ3v) is 11.2. The van der Waals surface area contributed by atoms with Gasteiger partial charge in [-0.3, -0.25) is 14.4 Å². The summed E-state index contributed by atoms with van der Waals surface area (Å²) in [6.45, 7) is 16.1. The summed E-state index contributed by atoms with van der Waals surface area (Å²) < 4.78 is 4.83. The number of esters is 1. The molecule has 0 saturated carbocycles. The third kappa shape index (κ3) is 5.55. The van der Waals surface area contributed by atoms with E-state index < -0.39 is 28.7 Å². The third-order valence-electron chi connectivity index (χ3n) is 7.99. The summed E-state index contributed by atoms with van der Waals surface area (Å²) in [5, 5.41) is 10.3. The van der Waals surface area contributed by atoms with Crippen LogP contribution in [0.1, 0.15) is 59.8 Å². The van der Waals surface area contributed by atoms with E-state index >= 15 is 0 Å². The van der Waals surface area contributed by atoms with E-state index in [0.717, 1.165) is 12.8 Å². The summed E-state index contributed by atoms with van der Waals surface area (Å²) >= 11 is 5.38. The van der Waals surface area contributed by atoms with Crippen LogP contribution in [0.4, 0.5) is 0 Å². The number of hydrogen-bond acceptors (Lipinski definition) is 6. The Bertz CT molecular complexity index is 885. The maximum atomic E-state index is 14.5. The van der Waals surface area contributed by atoms with Crippen LogP contribution < -0.4 is 0 Å². The van der Waals surface area contributed by atoms with Gasteiger partial charge in [-0.25, -0.2) is 0 Å². The van der Waals surface area contributed by atoms with E-state index in [2.05, 4.69) is 36.0 Å². The second-order valence-corrected chi connectivity index (χ2v) is 13.8. The standard InChI is InChI=1S/C28H43BrN2O5S/c1-7-10-13-36-27(35)21-22-25(33)31(19(16-32)14-17(4)5)24(28(22)15-20(29)23(21)37-28)26(34)30(12-9-3)18(6)11-8-2/h7,9,17-24,32H,1,3,8,10-16H2,2,4-6H3/t18?,19-,20?,21+,22+,23+,24?,28?/m1/s1. The zero-order valence-electron chi connectivity index (χ0n) is 22.6. The number of aliphatic hydroxyl groups excluding tert-OH is 1. The first-order valence-electron chi connectivity index (χ1n) is 13.5. The Kier molecular flexibility index (Phi) is 10.4. The van der Waals surface area contributed by atoms with E-state index in [1.165, 1.54) is 0 Å². The molecule has 0 aromatic carbocycles. The number of likely N-dealkylation sites (tertiary alicyclic amines) is 1. The van der Waals surface area contributed by atoms with E-state index in [9.17, 15) is 19.5 Å². The van der Waals surface area contributed by atoms with Gasteiger partial charge in [0.1, 0.15) is 6.04 Å². The number of halogens is 1. The minimum absolute atomic E-state index is 0.0210. The molecule has 1 N–H and O–H groups in total. The van der Waals surface area contributed by atoms with Crippen LogP contribution in [0.2, 0.25) is 0 Å². The monoisotopic (exact) mass is 598 g/mol. The lowest BCUT2D eigenvalue weighted by Gasteiger charge is -2.41. The van der Waals surface area contributed by atoms with E-state index in [1.807, 2.05) is 25.7 Å². The van der Waals surface area contributed by atoms with Crippen molar-refractivity contribution in [2.24, 2.45) is 17.8 Å². The Morgan fingerprint density at radius 2 is 2.03 bits per heavy atom. The summed E-state index contributed by atoms with van der Waals surface area (Å²) in [7, 11) is 0. The number of fused-ring (bicyclic) bond motifs is 1. The number of carbonyl (C=O) groups is 3. The highest BCUT2D eigenvalue weighted by molar-refractivity contribution is 9.09. The van der Waals surface area contributed by atoms with Gasteiger partial charge < -0.3 is 19.6 Å². The second-order valence-electron chi connectivity index (χ2n) is 11.0. The van der Waals surface area contributed by atoms with Gasteiger partial charge in [-0.05, 0) is 38.5 Å². The first-order chi connectivity index (χ1) is 17.6. The highest BCUT2D eigenvalue weighted by Crippen LogP contribution is 2.68. The maximum Gasteiger partial charge on any atom is 0.310 e. The highest BCUT2D eigenvalue weighted by Gasteiger charge is 2.76. The zero-order valence-corrected chi connectivity index (χ0v) is 25.0. The second kappa shape index (κ2) is 12.7. The molecule has 3 aliphatic rings. The summed E-state index contributed by atoms with van der Waals surface area (Å²) in [4.78, 5) is 45.6. The lowest BCUT2D eigenvalue weighted by molar-refractivity contribution is -0.154. The molecule has 0 aromatic rings. The molecule has 208 valence electrons. The highest BCUT2D eigenvalue weighted by atomic mass is 79.9. The molecule has 0 aliphatic carbocycles. The average molecular weight is 600 g/mol. The molecule has 2 bridgehead atoms. The molecule has 3 rings (SSSR count). The van der Waals surface area contributed by atoms with Crippen molar-refractivity contribution in [3.8, 4) is 0 Å². The van der Waals surface area contributed by atoms with Gasteiger partial charge >= 0.3 is 5.97 Å². The first-order valence-corrected chi connectivity index (χ1v) is 15.3. The average Bonchev–Trinajstić information content (AvgIpc) is 3.44. The topological polar surface area (TPSA) is 87.1 Å². The molecule has 0 aromatic heterocycles. The molecular formula is C28H43BrN2O5S. The number of amides is 2. The molecule has 1 spiro atoms. The fourth-order valence-corrected chi connectivity index (χ4v) is 10.1. The van der Waals surface area contributed by atoms with Crippen molar-refractivity contribution < 1.29 is 24.2 Å². The molecule has 8 atom stereocenters. The number of thioether (sulfide) groups is 1. The van der Waals surface area contributed by atoms with Crippen molar-refractivity contribution >= 4 is 45.5 Å². The van der Waals surface area contributed by atoms with E-state index in [4.69, 9.17) is 4.74 Å².